The summed E-state index contributed by atoms with van der Waals surface area (Å²) in [5.41, 5.74) is 1.37. The molecule has 1 aliphatic carbocycles. The quantitative estimate of drug-likeness (QED) is 0.728. The van der Waals surface area contributed by atoms with Gasteiger partial charge in [0.05, 0.1) is 13.2 Å². The third kappa shape index (κ3) is 5.06. The summed E-state index contributed by atoms with van der Waals surface area (Å²) in [6.45, 7) is 1.06. The molecule has 0 spiro atoms. The first-order valence-corrected chi connectivity index (χ1v) is 8.86. The minimum absolute atomic E-state index is 0. The van der Waals surface area contributed by atoms with E-state index in [0.717, 1.165) is 6.42 Å². The second-order valence-corrected chi connectivity index (χ2v) is 6.68. The smallest absolute Gasteiger partial charge is 0.226 e. The van der Waals surface area contributed by atoms with Crippen LogP contribution in [0.5, 0.6) is 0 Å². The minimum Gasteiger partial charge on any atom is -0.383 e. The Morgan fingerprint density at radius 1 is 1.36 bits per heavy atom. The number of hydrogen-bond donors (Lipinski definition) is 1. The van der Waals surface area contributed by atoms with Crippen molar-refractivity contribution in [1.82, 2.24) is 14.5 Å². The Balaban J connectivity index is 0.00000225. The van der Waals surface area contributed by atoms with E-state index in [4.69, 9.17) is 16.3 Å². The van der Waals surface area contributed by atoms with Gasteiger partial charge >= 0.3 is 0 Å². The van der Waals surface area contributed by atoms with E-state index in [1.807, 2.05) is 10.6 Å². The van der Waals surface area contributed by atoms with Crippen LogP contribution in [0.15, 0.2) is 12.1 Å². The van der Waals surface area contributed by atoms with Crippen LogP contribution in [0.4, 0.5) is 5.95 Å². The Morgan fingerprint density at radius 2 is 2.12 bits per heavy atom. The van der Waals surface area contributed by atoms with Crippen LogP contribution >= 0.6 is 24.0 Å². The predicted molar refractivity (Wildman–Crippen MR) is 101 cm³/mol. The van der Waals surface area contributed by atoms with E-state index in [0.29, 0.717) is 47.8 Å². The molecular formula is C17H24Cl2N4O2. The van der Waals surface area contributed by atoms with E-state index in [1.165, 1.54) is 25.7 Å². The SMILES string of the molecule is COCCn1c(NC(=O)CCC2CCCC2)nc2ccc(Cl)nc21.Cl. The van der Waals surface area contributed by atoms with Gasteiger partial charge in [0.15, 0.2) is 5.65 Å². The van der Waals surface area contributed by atoms with Gasteiger partial charge in [-0.2, -0.15) is 0 Å². The Hall–Kier alpha value is -1.37. The summed E-state index contributed by atoms with van der Waals surface area (Å²) >= 11 is 5.99. The molecule has 8 heteroatoms. The molecule has 25 heavy (non-hydrogen) atoms. The zero-order chi connectivity index (χ0) is 16.9. The standard InChI is InChI=1S/C17H23ClN4O2.ClH/c1-24-11-10-22-16-13(7-8-14(18)20-16)19-17(22)21-15(23)9-6-12-4-2-3-5-12;/h7-8,12H,2-6,9-11H2,1H3,(H,19,21,23);1H. The molecule has 2 aromatic rings. The molecule has 1 aliphatic rings. The second kappa shape index (κ2) is 9.36. The van der Waals surface area contributed by atoms with Crippen LogP contribution in [0, 0.1) is 5.92 Å². The van der Waals surface area contributed by atoms with Crippen molar-refractivity contribution in [2.45, 2.75) is 45.1 Å². The Bertz CT molecular complexity index is 714. The van der Waals surface area contributed by atoms with E-state index < -0.39 is 0 Å². The molecule has 0 atom stereocenters. The molecule has 1 fully saturated rings. The van der Waals surface area contributed by atoms with Gasteiger partial charge < -0.3 is 4.74 Å². The van der Waals surface area contributed by atoms with Gasteiger partial charge in [-0.3, -0.25) is 14.7 Å². The van der Waals surface area contributed by atoms with Crippen molar-refractivity contribution >= 4 is 47.0 Å². The molecule has 0 aliphatic heterocycles. The van der Waals surface area contributed by atoms with Gasteiger partial charge in [-0.25, -0.2) is 9.97 Å². The number of nitrogens with zero attached hydrogens (tertiary/aromatic N) is 3. The molecule has 0 aromatic carbocycles. The lowest BCUT2D eigenvalue weighted by molar-refractivity contribution is -0.116. The number of aromatic nitrogens is 3. The van der Waals surface area contributed by atoms with Gasteiger partial charge in [-0.1, -0.05) is 37.3 Å². The van der Waals surface area contributed by atoms with Crippen molar-refractivity contribution in [2.75, 3.05) is 19.0 Å². The predicted octanol–water partition coefficient (Wildman–Crippen LogP) is 4.06. The van der Waals surface area contributed by atoms with Crippen LogP contribution in [0.25, 0.3) is 11.2 Å². The molecule has 2 heterocycles. The molecule has 138 valence electrons. The Morgan fingerprint density at radius 3 is 2.84 bits per heavy atom. The van der Waals surface area contributed by atoms with Gasteiger partial charge in [-0.15, -0.1) is 12.4 Å². The largest absolute Gasteiger partial charge is 0.383 e. The summed E-state index contributed by atoms with van der Waals surface area (Å²) < 4.78 is 6.99. The number of fused-ring (bicyclic) bond motifs is 1. The highest BCUT2D eigenvalue weighted by molar-refractivity contribution is 6.29. The third-order valence-corrected chi connectivity index (χ3v) is 4.79. The van der Waals surface area contributed by atoms with Crippen LogP contribution in [0.2, 0.25) is 5.15 Å². The number of amides is 1. The van der Waals surface area contributed by atoms with Crippen molar-refractivity contribution in [1.29, 1.82) is 0 Å². The van der Waals surface area contributed by atoms with Crippen molar-refractivity contribution in [3.05, 3.63) is 17.3 Å². The average Bonchev–Trinajstić information content (AvgIpc) is 3.19. The lowest BCUT2D eigenvalue weighted by Crippen LogP contribution is -2.17. The summed E-state index contributed by atoms with van der Waals surface area (Å²) in [6, 6.07) is 3.51. The summed E-state index contributed by atoms with van der Waals surface area (Å²) in [6.07, 6.45) is 6.59. The van der Waals surface area contributed by atoms with Crippen LogP contribution in [-0.2, 0) is 16.1 Å². The Kier molecular flexibility index (Phi) is 7.47. The zero-order valence-corrected chi connectivity index (χ0v) is 15.9. The fourth-order valence-corrected chi connectivity index (χ4v) is 3.43. The maximum Gasteiger partial charge on any atom is 0.226 e. The fraction of sp³-hybridized carbons (Fsp3) is 0.588. The number of carbonyl (C=O) groups is 1. The number of rotatable bonds is 7. The molecule has 6 nitrogen and oxygen atoms in total. The normalized spacial score (nSPS) is 14.6. The number of pyridine rings is 1. The molecule has 1 amide bonds. The molecule has 3 rings (SSSR count). The molecular weight excluding hydrogens is 363 g/mol. The van der Waals surface area contributed by atoms with Crippen molar-refractivity contribution in [3.63, 3.8) is 0 Å². The lowest BCUT2D eigenvalue weighted by atomic mass is 10.0. The number of anilines is 1. The highest BCUT2D eigenvalue weighted by Crippen LogP contribution is 2.28. The first-order chi connectivity index (χ1) is 11.7. The second-order valence-electron chi connectivity index (χ2n) is 6.29. The number of ether oxygens (including phenoxy) is 1. The first kappa shape index (κ1) is 19.9. The minimum atomic E-state index is 0. The summed E-state index contributed by atoms with van der Waals surface area (Å²) in [4.78, 5) is 21.1. The highest BCUT2D eigenvalue weighted by atomic mass is 35.5. The number of carbonyl (C=O) groups excluding carboxylic acids is 1. The average molecular weight is 387 g/mol. The van der Waals surface area contributed by atoms with Crippen LogP contribution in [0.1, 0.15) is 38.5 Å². The fourth-order valence-electron chi connectivity index (χ4n) is 3.29. The summed E-state index contributed by atoms with van der Waals surface area (Å²) in [5, 5.41) is 3.33. The van der Waals surface area contributed by atoms with Crippen molar-refractivity contribution in [3.8, 4) is 0 Å². The van der Waals surface area contributed by atoms with Crippen molar-refractivity contribution < 1.29 is 9.53 Å². The maximum absolute atomic E-state index is 12.3. The maximum atomic E-state index is 12.3. The molecule has 1 saturated carbocycles. The highest BCUT2D eigenvalue weighted by Gasteiger charge is 2.18. The van der Waals surface area contributed by atoms with Crippen LogP contribution in [0.3, 0.4) is 0 Å². The number of imidazole rings is 1. The summed E-state index contributed by atoms with van der Waals surface area (Å²) in [5.74, 6) is 1.21. The molecule has 1 N–H and O–H groups in total. The summed E-state index contributed by atoms with van der Waals surface area (Å²) in [7, 11) is 1.64. The van der Waals surface area contributed by atoms with Gasteiger partial charge in [0.1, 0.15) is 10.7 Å². The molecule has 0 unspecified atom stereocenters. The third-order valence-electron chi connectivity index (χ3n) is 4.58. The number of nitrogens with one attached hydrogen (secondary N) is 1. The molecule has 0 bridgehead atoms. The van der Waals surface area contributed by atoms with Gasteiger partial charge in [-0.05, 0) is 24.5 Å². The van der Waals surface area contributed by atoms with E-state index in [1.54, 1.807) is 13.2 Å². The first-order valence-electron chi connectivity index (χ1n) is 8.49. The number of hydrogen-bond acceptors (Lipinski definition) is 4. The number of halogens is 2. The Labute approximate surface area is 158 Å². The van der Waals surface area contributed by atoms with Crippen LogP contribution in [-0.4, -0.2) is 34.2 Å². The van der Waals surface area contributed by atoms with E-state index in [-0.39, 0.29) is 18.3 Å². The van der Waals surface area contributed by atoms with E-state index in [9.17, 15) is 4.79 Å². The lowest BCUT2D eigenvalue weighted by Gasteiger charge is -2.11. The van der Waals surface area contributed by atoms with Gasteiger partial charge in [0, 0.05) is 13.5 Å². The topological polar surface area (TPSA) is 69.0 Å². The van der Waals surface area contributed by atoms with Gasteiger partial charge in [0.2, 0.25) is 11.9 Å². The van der Waals surface area contributed by atoms with Gasteiger partial charge in [0.25, 0.3) is 0 Å². The van der Waals surface area contributed by atoms with Crippen molar-refractivity contribution in [2.24, 2.45) is 5.92 Å². The van der Waals surface area contributed by atoms with Crippen LogP contribution < -0.4 is 5.32 Å². The zero-order valence-electron chi connectivity index (χ0n) is 14.3. The monoisotopic (exact) mass is 386 g/mol. The van der Waals surface area contributed by atoms with E-state index in [2.05, 4.69) is 15.3 Å². The molecule has 0 saturated heterocycles. The van der Waals surface area contributed by atoms with E-state index >= 15 is 0 Å². The molecule has 2 aromatic heterocycles. The molecule has 0 radical (unpaired) electrons. The number of methoxy groups -OCH3 is 1.